The van der Waals surface area contributed by atoms with Gasteiger partial charge in [0.15, 0.2) is 5.82 Å². The summed E-state index contributed by atoms with van der Waals surface area (Å²) in [6.07, 6.45) is 0. The molecular weight excluding hydrogens is 175 g/mol. The SMILES string of the molecule is COc1cccc(F)c1NC(N)=O. The van der Waals surface area contributed by atoms with Crippen LogP contribution in [0.2, 0.25) is 0 Å². The summed E-state index contributed by atoms with van der Waals surface area (Å²) < 4.78 is 17.9. The van der Waals surface area contributed by atoms with Crippen molar-refractivity contribution in [3.05, 3.63) is 24.0 Å². The molecule has 0 saturated carbocycles. The summed E-state index contributed by atoms with van der Waals surface area (Å²) in [5.41, 5.74) is 4.80. The number of primary amides is 1. The number of para-hydroxylation sites is 1. The lowest BCUT2D eigenvalue weighted by atomic mass is 10.3. The second-order valence-electron chi connectivity index (χ2n) is 2.31. The molecule has 0 bridgehead atoms. The average molecular weight is 184 g/mol. The van der Waals surface area contributed by atoms with E-state index in [2.05, 4.69) is 5.32 Å². The molecule has 3 N–H and O–H groups in total. The molecule has 0 fully saturated rings. The molecule has 0 aliphatic heterocycles. The van der Waals surface area contributed by atoms with Crippen LogP contribution in [0.3, 0.4) is 0 Å². The molecule has 0 aromatic heterocycles. The van der Waals surface area contributed by atoms with Crippen molar-refractivity contribution in [2.75, 3.05) is 12.4 Å². The van der Waals surface area contributed by atoms with Gasteiger partial charge in [-0.3, -0.25) is 0 Å². The van der Waals surface area contributed by atoms with Crippen LogP contribution in [0.5, 0.6) is 5.75 Å². The normalized spacial score (nSPS) is 9.38. The monoisotopic (exact) mass is 184 g/mol. The van der Waals surface area contributed by atoms with Crippen LogP contribution >= 0.6 is 0 Å². The minimum absolute atomic E-state index is 0.0440. The Morgan fingerprint density at radius 3 is 2.85 bits per heavy atom. The maximum Gasteiger partial charge on any atom is 0.316 e. The highest BCUT2D eigenvalue weighted by Crippen LogP contribution is 2.26. The fraction of sp³-hybridized carbons (Fsp3) is 0.125. The van der Waals surface area contributed by atoms with Crippen LogP contribution < -0.4 is 15.8 Å². The zero-order valence-corrected chi connectivity index (χ0v) is 7.00. The average Bonchev–Trinajstić information content (AvgIpc) is 2.08. The number of methoxy groups -OCH3 is 1. The van der Waals surface area contributed by atoms with Gasteiger partial charge >= 0.3 is 6.03 Å². The highest BCUT2D eigenvalue weighted by Gasteiger charge is 2.09. The van der Waals surface area contributed by atoms with Gasteiger partial charge in [0, 0.05) is 0 Å². The first-order chi connectivity index (χ1) is 6.15. The molecule has 0 radical (unpaired) electrons. The molecular formula is C8H9FN2O2. The molecule has 0 spiro atoms. The third kappa shape index (κ3) is 2.08. The van der Waals surface area contributed by atoms with E-state index in [4.69, 9.17) is 10.5 Å². The van der Waals surface area contributed by atoms with Gasteiger partial charge in [0.2, 0.25) is 0 Å². The summed E-state index contributed by atoms with van der Waals surface area (Å²) in [4.78, 5) is 10.5. The van der Waals surface area contributed by atoms with Gasteiger partial charge in [-0.2, -0.15) is 0 Å². The Bertz CT molecular complexity index is 328. The van der Waals surface area contributed by atoms with Crippen molar-refractivity contribution >= 4 is 11.7 Å². The number of carbonyl (C=O) groups excluding carboxylic acids is 1. The number of urea groups is 1. The van der Waals surface area contributed by atoms with Crippen molar-refractivity contribution in [3.8, 4) is 5.75 Å². The maximum atomic E-state index is 13.0. The molecule has 5 heteroatoms. The Labute approximate surface area is 74.5 Å². The van der Waals surface area contributed by atoms with E-state index < -0.39 is 11.8 Å². The molecule has 0 atom stereocenters. The largest absolute Gasteiger partial charge is 0.494 e. The van der Waals surface area contributed by atoms with Crippen molar-refractivity contribution < 1.29 is 13.9 Å². The van der Waals surface area contributed by atoms with Crippen LogP contribution in [-0.2, 0) is 0 Å². The molecule has 1 rings (SSSR count). The number of rotatable bonds is 2. The fourth-order valence-corrected chi connectivity index (χ4v) is 0.919. The van der Waals surface area contributed by atoms with E-state index in [-0.39, 0.29) is 11.4 Å². The number of amides is 2. The Morgan fingerprint density at radius 2 is 2.31 bits per heavy atom. The molecule has 0 heterocycles. The number of anilines is 1. The first-order valence-electron chi connectivity index (χ1n) is 3.54. The van der Waals surface area contributed by atoms with Crippen molar-refractivity contribution in [3.63, 3.8) is 0 Å². The molecule has 4 nitrogen and oxygen atoms in total. The summed E-state index contributed by atoms with van der Waals surface area (Å²) in [6.45, 7) is 0. The van der Waals surface area contributed by atoms with Crippen LogP contribution in [0, 0.1) is 5.82 Å². The summed E-state index contributed by atoms with van der Waals surface area (Å²) in [7, 11) is 1.38. The van der Waals surface area contributed by atoms with E-state index in [1.165, 1.54) is 25.3 Å². The zero-order valence-electron chi connectivity index (χ0n) is 7.00. The molecule has 1 aromatic carbocycles. The van der Waals surface area contributed by atoms with Crippen LogP contribution in [0.1, 0.15) is 0 Å². The molecule has 0 unspecified atom stereocenters. The van der Waals surface area contributed by atoms with Crippen molar-refractivity contribution in [1.82, 2.24) is 0 Å². The number of carbonyl (C=O) groups is 1. The van der Waals surface area contributed by atoms with Gasteiger partial charge in [0.1, 0.15) is 11.4 Å². The topological polar surface area (TPSA) is 64.3 Å². The Hall–Kier alpha value is -1.78. The van der Waals surface area contributed by atoms with Crippen molar-refractivity contribution in [2.24, 2.45) is 5.73 Å². The number of halogens is 1. The van der Waals surface area contributed by atoms with E-state index in [0.717, 1.165) is 0 Å². The predicted octanol–water partition coefficient (Wildman–Crippen LogP) is 1.32. The number of ether oxygens (including phenoxy) is 1. The van der Waals surface area contributed by atoms with Crippen LogP contribution in [0.25, 0.3) is 0 Å². The number of hydrogen-bond acceptors (Lipinski definition) is 2. The first kappa shape index (κ1) is 9.31. The quantitative estimate of drug-likeness (QED) is 0.728. The lowest BCUT2D eigenvalue weighted by molar-refractivity contribution is 0.259. The first-order valence-corrected chi connectivity index (χ1v) is 3.54. The second kappa shape index (κ2) is 3.75. The van der Waals surface area contributed by atoms with Gasteiger partial charge in [0.25, 0.3) is 0 Å². The zero-order chi connectivity index (χ0) is 9.84. The van der Waals surface area contributed by atoms with E-state index in [1.807, 2.05) is 0 Å². The highest BCUT2D eigenvalue weighted by molar-refractivity contribution is 5.89. The maximum absolute atomic E-state index is 13.0. The van der Waals surface area contributed by atoms with Crippen LogP contribution in [0.15, 0.2) is 18.2 Å². The van der Waals surface area contributed by atoms with Gasteiger partial charge in [-0.05, 0) is 12.1 Å². The lowest BCUT2D eigenvalue weighted by Gasteiger charge is -2.08. The molecule has 2 amide bonds. The van der Waals surface area contributed by atoms with Gasteiger partial charge in [-0.1, -0.05) is 6.07 Å². The summed E-state index contributed by atoms with van der Waals surface area (Å²) >= 11 is 0. The van der Waals surface area contributed by atoms with E-state index >= 15 is 0 Å². The Morgan fingerprint density at radius 1 is 1.62 bits per heavy atom. The fourth-order valence-electron chi connectivity index (χ4n) is 0.919. The Kier molecular flexibility index (Phi) is 2.69. The number of benzene rings is 1. The summed E-state index contributed by atoms with van der Waals surface area (Å²) in [5, 5.41) is 2.13. The highest BCUT2D eigenvalue weighted by atomic mass is 19.1. The van der Waals surface area contributed by atoms with Gasteiger partial charge in [0.05, 0.1) is 7.11 Å². The van der Waals surface area contributed by atoms with Crippen LogP contribution in [-0.4, -0.2) is 13.1 Å². The van der Waals surface area contributed by atoms with Gasteiger partial charge < -0.3 is 15.8 Å². The van der Waals surface area contributed by atoms with E-state index in [9.17, 15) is 9.18 Å². The van der Waals surface area contributed by atoms with E-state index in [1.54, 1.807) is 0 Å². The molecule has 13 heavy (non-hydrogen) atoms. The van der Waals surface area contributed by atoms with E-state index in [0.29, 0.717) is 0 Å². The van der Waals surface area contributed by atoms with Gasteiger partial charge in [-0.25, -0.2) is 9.18 Å². The smallest absolute Gasteiger partial charge is 0.316 e. The summed E-state index contributed by atoms with van der Waals surface area (Å²) in [5.74, 6) is -0.350. The number of nitrogens with one attached hydrogen (secondary N) is 1. The van der Waals surface area contributed by atoms with Crippen molar-refractivity contribution in [2.45, 2.75) is 0 Å². The third-order valence-corrected chi connectivity index (χ3v) is 1.44. The number of nitrogens with two attached hydrogens (primary N) is 1. The lowest BCUT2D eigenvalue weighted by Crippen LogP contribution is -2.20. The molecule has 0 aliphatic rings. The molecule has 70 valence electrons. The molecule has 1 aromatic rings. The predicted molar refractivity (Wildman–Crippen MR) is 46.2 cm³/mol. The summed E-state index contributed by atoms with van der Waals surface area (Å²) in [6, 6.07) is 3.37. The third-order valence-electron chi connectivity index (χ3n) is 1.44. The minimum Gasteiger partial charge on any atom is -0.494 e. The minimum atomic E-state index is -0.830. The van der Waals surface area contributed by atoms with Crippen LogP contribution in [0.4, 0.5) is 14.9 Å². The second-order valence-corrected chi connectivity index (χ2v) is 2.31. The molecule has 0 aliphatic carbocycles. The van der Waals surface area contributed by atoms with Gasteiger partial charge in [-0.15, -0.1) is 0 Å². The Balaban J connectivity index is 3.07. The van der Waals surface area contributed by atoms with Crippen molar-refractivity contribution in [1.29, 1.82) is 0 Å². The standard InChI is InChI=1S/C8H9FN2O2/c1-13-6-4-2-3-5(9)7(6)11-8(10)12/h2-4H,1H3,(H3,10,11,12). The number of hydrogen-bond donors (Lipinski definition) is 2. The molecule has 0 saturated heterocycles.